The Kier molecular flexibility index (Phi) is 3.62. The highest BCUT2D eigenvalue weighted by Crippen LogP contribution is 2.49. The fraction of sp³-hybridized carbons (Fsp3) is 0. The van der Waals surface area contributed by atoms with Gasteiger partial charge in [0, 0.05) is 42.7 Å². The maximum atomic E-state index is 12.7. The number of hydrogen-bond donors (Lipinski definition) is 0. The molecule has 0 aliphatic rings. The minimum Gasteiger partial charge on any atom is -0.289 e. The molecule has 0 aliphatic carbocycles. The van der Waals surface area contributed by atoms with Crippen molar-refractivity contribution >= 4 is 44.7 Å². The van der Waals surface area contributed by atoms with Crippen LogP contribution in [-0.4, -0.2) is 0 Å². The minimum absolute atomic E-state index is 0.0294. The van der Waals surface area contributed by atoms with Crippen molar-refractivity contribution in [3.63, 3.8) is 0 Å². The number of benzene rings is 4. The molecule has 0 spiro atoms. The van der Waals surface area contributed by atoms with Crippen LogP contribution in [0.1, 0.15) is 0 Å². The summed E-state index contributed by atoms with van der Waals surface area (Å²) in [5.41, 5.74) is 5.37. The predicted octanol–water partition coefficient (Wildman–Crippen LogP) is 6.77. The molecule has 2 nitrogen and oxygen atoms in total. The quantitative estimate of drug-likeness (QED) is 0.312. The van der Waals surface area contributed by atoms with Gasteiger partial charge >= 0.3 is 0 Å². The molecular formula is C26H12Cl2O2. The standard InChI is InChI=1S/C26H12Cl2O2/c27-15-9-5-13(6-10-15)17-3-1-2-4-18(17)20-19(14-7-11-16(28)12-8-14)21-23(25(21)29)24-22(20)26(24)30/h1-12H. The maximum absolute atomic E-state index is 12.7. The summed E-state index contributed by atoms with van der Waals surface area (Å²) in [6.07, 6.45) is 0. The molecule has 142 valence electrons. The molecule has 0 radical (unpaired) electrons. The van der Waals surface area contributed by atoms with Gasteiger partial charge in [0.25, 0.3) is 0 Å². The predicted molar refractivity (Wildman–Crippen MR) is 125 cm³/mol. The van der Waals surface area contributed by atoms with E-state index in [1.54, 1.807) is 12.1 Å². The molecule has 4 heteroatoms. The van der Waals surface area contributed by atoms with Crippen LogP contribution in [-0.2, 0) is 0 Å². The van der Waals surface area contributed by atoms with Crippen molar-refractivity contribution in [2.24, 2.45) is 0 Å². The normalized spacial score (nSPS) is 11.9. The van der Waals surface area contributed by atoms with Gasteiger partial charge < -0.3 is 0 Å². The van der Waals surface area contributed by atoms with E-state index in [2.05, 4.69) is 0 Å². The molecule has 30 heavy (non-hydrogen) atoms. The molecule has 0 unspecified atom stereocenters. The highest BCUT2D eigenvalue weighted by atomic mass is 35.5. The first-order valence-corrected chi connectivity index (χ1v) is 10.3. The number of hydrogen-bond acceptors (Lipinski definition) is 2. The second-order valence-electron chi connectivity index (χ2n) is 7.47. The zero-order valence-electron chi connectivity index (χ0n) is 15.5. The zero-order valence-corrected chi connectivity index (χ0v) is 17.0. The monoisotopic (exact) mass is 426 g/mol. The molecule has 0 heterocycles. The highest BCUT2D eigenvalue weighted by molar-refractivity contribution is 6.34. The second-order valence-corrected chi connectivity index (χ2v) is 8.34. The van der Waals surface area contributed by atoms with Gasteiger partial charge in [0.2, 0.25) is 0 Å². The van der Waals surface area contributed by atoms with Crippen molar-refractivity contribution in [2.75, 3.05) is 0 Å². The Morgan fingerprint density at radius 3 is 1.50 bits per heavy atom. The van der Waals surface area contributed by atoms with Crippen LogP contribution in [0.2, 0.25) is 10.0 Å². The van der Waals surface area contributed by atoms with Crippen LogP contribution < -0.4 is 10.9 Å². The van der Waals surface area contributed by atoms with E-state index >= 15 is 0 Å². The lowest BCUT2D eigenvalue weighted by Crippen LogP contribution is -1.90. The van der Waals surface area contributed by atoms with Crippen molar-refractivity contribution in [2.45, 2.75) is 0 Å². The molecule has 0 atom stereocenters. The molecule has 0 fully saturated rings. The van der Waals surface area contributed by atoms with Crippen LogP contribution in [0.15, 0.2) is 82.4 Å². The van der Waals surface area contributed by atoms with Crippen molar-refractivity contribution in [1.29, 1.82) is 0 Å². The third-order valence-corrected chi connectivity index (χ3v) is 6.27. The van der Waals surface area contributed by atoms with Crippen LogP contribution in [0.5, 0.6) is 0 Å². The largest absolute Gasteiger partial charge is 0.289 e. The third-order valence-electron chi connectivity index (χ3n) is 5.77. The van der Waals surface area contributed by atoms with E-state index in [-0.39, 0.29) is 10.9 Å². The summed E-state index contributed by atoms with van der Waals surface area (Å²) in [5.74, 6) is 0. The smallest absolute Gasteiger partial charge is 0.195 e. The highest BCUT2D eigenvalue weighted by Gasteiger charge is 2.34. The first-order chi connectivity index (χ1) is 14.6. The van der Waals surface area contributed by atoms with Gasteiger partial charge in [0.05, 0.1) is 0 Å². The lowest BCUT2D eigenvalue weighted by Gasteiger charge is -2.14. The van der Waals surface area contributed by atoms with Gasteiger partial charge in [-0.05, 0) is 46.5 Å². The van der Waals surface area contributed by atoms with Gasteiger partial charge in [-0.3, -0.25) is 9.59 Å². The first kappa shape index (κ1) is 17.6. The van der Waals surface area contributed by atoms with Crippen molar-refractivity contribution < 1.29 is 0 Å². The summed E-state index contributed by atoms with van der Waals surface area (Å²) >= 11 is 12.2. The van der Waals surface area contributed by atoms with E-state index in [1.807, 2.05) is 60.7 Å². The zero-order chi connectivity index (χ0) is 20.6. The van der Waals surface area contributed by atoms with E-state index in [9.17, 15) is 9.59 Å². The van der Waals surface area contributed by atoms with Gasteiger partial charge in [-0.25, -0.2) is 0 Å². The molecule has 0 saturated carbocycles. The molecular weight excluding hydrogens is 415 g/mol. The first-order valence-electron chi connectivity index (χ1n) is 9.51. The van der Waals surface area contributed by atoms with E-state index in [0.29, 0.717) is 31.6 Å². The fourth-order valence-corrected chi connectivity index (χ4v) is 4.55. The van der Waals surface area contributed by atoms with Crippen LogP contribution in [0.25, 0.3) is 54.9 Å². The minimum atomic E-state index is -0.0303. The molecule has 6 rings (SSSR count). The lowest BCUT2D eigenvalue weighted by molar-refractivity contribution is 1.60. The average Bonchev–Trinajstić information content (AvgIpc) is 3.63. The van der Waals surface area contributed by atoms with E-state index in [0.717, 1.165) is 33.4 Å². The lowest BCUT2D eigenvalue weighted by atomic mass is 9.89. The Morgan fingerprint density at radius 2 is 0.933 bits per heavy atom. The third kappa shape index (κ3) is 2.44. The molecule has 0 aromatic heterocycles. The SMILES string of the molecule is O=c1c2c(-c3ccc(Cl)cc3)c(-c3ccccc3-c3ccc(Cl)cc3)c3c(=O)c3c12. The molecule has 0 aliphatic heterocycles. The summed E-state index contributed by atoms with van der Waals surface area (Å²) in [6, 6.07) is 23.0. The Hall–Kier alpha value is -3.20. The molecule has 0 saturated heterocycles. The molecule has 0 bridgehead atoms. The van der Waals surface area contributed by atoms with Crippen molar-refractivity contribution in [1.82, 2.24) is 0 Å². The second kappa shape index (κ2) is 6.15. The maximum Gasteiger partial charge on any atom is 0.195 e. The summed E-state index contributed by atoms with van der Waals surface area (Å²) in [6.45, 7) is 0. The van der Waals surface area contributed by atoms with Gasteiger partial charge in [-0.2, -0.15) is 0 Å². The van der Waals surface area contributed by atoms with Gasteiger partial charge in [-0.1, -0.05) is 71.7 Å². The Bertz CT molecular complexity index is 1620. The van der Waals surface area contributed by atoms with Gasteiger partial charge in [0.1, 0.15) is 0 Å². The topological polar surface area (TPSA) is 34.1 Å². The average molecular weight is 427 g/mol. The van der Waals surface area contributed by atoms with Crippen LogP contribution >= 0.6 is 23.2 Å². The summed E-state index contributed by atoms with van der Waals surface area (Å²) in [5, 5.41) is 3.78. The molecule has 6 aromatic rings. The number of halogens is 2. The summed E-state index contributed by atoms with van der Waals surface area (Å²) in [7, 11) is 0. The Morgan fingerprint density at radius 1 is 0.467 bits per heavy atom. The van der Waals surface area contributed by atoms with Crippen molar-refractivity contribution in [3.8, 4) is 33.4 Å². The van der Waals surface area contributed by atoms with Crippen LogP contribution in [0, 0.1) is 0 Å². The number of fused-ring (bicyclic) bond motifs is 3. The van der Waals surface area contributed by atoms with E-state index in [1.165, 1.54) is 0 Å². The van der Waals surface area contributed by atoms with Gasteiger partial charge in [-0.15, -0.1) is 0 Å². The molecule has 6 aromatic carbocycles. The van der Waals surface area contributed by atoms with E-state index < -0.39 is 0 Å². The molecule has 0 amide bonds. The van der Waals surface area contributed by atoms with Crippen LogP contribution in [0.4, 0.5) is 0 Å². The van der Waals surface area contributed by atoms with Crippen LogP contribution in [0.3, 0.4) is 0 Å². The molecule has 0 N–H and O–H groups in total. The Labute approximate surface area is 181 Å². The Balaban J connectivity index is 1.71. The number of rotatable bonds is 3. The van der Waals surface area contributed by atoms with E-state index in [4.69, 9.17) is 23.2 Å². The summed E-state index contributed by atoms with van der Waals surface area (Å²) in [4.78, 5) is 25.3. The fourth-order valence-electron chi connectivity index (χ4n) is 4.30. The van der Waals surface area contributed by atoms with Crippen molar-refractivity contribution in [3.05, 3.63) is 103 Å². The summed E-state index contributed by atoms with van der Waals surface area (Å²) < 4.78 is 0. The van der Waals surface area contributed by atoms with Gasteiger partial charge in [0.15, 0.2) is 10.9 Å².